The minimum absolute atomic E-state index is 0.210. The zero-order valence-electron chi connectivity index (χ0n) is 20.3. The van der Waals surface area contributed by atoms with E-state index in [4.69, 9.17) is 9.15 Å². The number of esters is 1. The van der Waals surface area contributed by atoms with E-state index >= 15 is 0 Å². The molecule has 1 aromatic heterocycles. The molecule has 0 N–H and O–H groups in total. The van der Waals surface area contributed by atoms with Gasteiger partial charge < -0.3 is 14.1 Å². The fourth-order valence-electron chi connectivity index (χ4n) is 4.48. The minimum atomic E-state index is -0.324. The van der Waals surface area contributed by atoms with Crippen molar-refractivity contribution in [2.45, 2.75) is 39.4 Å². The Balaban J connectivity index is 1.45. The Labute approximate surface area is 209 Å². The first-order valence-corrected chi connectivity index (χ1v) is 12.2. The van der Waals surface area contributed by atoms with Gasteiger partial charge in [0.05, 0.1) is 19.1 Å². The van der Waals surface area contributed by atoms with Crippen molar-refractivity contribution in [2.75, 3.05) is 19.7 Å². The first-order chi connectivity index (χ1) is 17.4. The molecule has 1 unspecified atom stereocenters. The summed E-state index contributed by atoms with van der Waals surface area (Å²) in [5.74, 6) is -0.697. The number of hydrogen-bond donors (Lipinski definition) is 0. The maximum Gasteiger partial charge on any atom is 0.310 e. The SMILES string of the molecule is CCOC(=O)C1CCCN(C(=O)c2ccc(CN(Cc3ccc(F)cc3)Cc3cccc(F)c3)o2)C1. The van der Waals surface area contributed by atoms with Gasteiger partial charge in [-0.1, -0.05) is 24.3 Å². The zero-order chi connectivity index (χ0) is 25.5. The second kappa shape index (κ2) is 11.9. The quantitative estimate of drug-likeness (QED) is 0.382. The van der Waals surface area contributed by atoms with Crippen LogP contribution in [0.5, 0.6) is 0 Å². The van der Waals surface area contributed by atoms with Crippen LogP contribution in [-0.2, 0) is 29.2 Å². The molecule has 0 spiro atoms. The smallest absolute Gasteiger partial charge is 0.310 e. The van der Waals surface area contributed by atoms with Crippen molar-refractivity contribution in [3.8, 4) is 0 Å². The monoisotopic (exact) mass is 496 g/mol. The highest BCUT2D eigenvalue weighted by Crippen LogP contribution is 2.22. The Morgan fingerprint density at radius 1 is 1.00 bits per heavy atom. The molecule has 8 heteroatoms. The Bertz CT molecular complexity index is 1180. The lowest BCUT2D eigenvalue weighted by atomic mass is 9.98. The average molecular weight is 497 g/mol. The van der Waals surface area contributed by atoms with Gasteiger partial charge in [0.2, 0.25) is 0 Å². The number of halogens is 2. The number of benzene rings is 2. The van der Waals surface area contributed by atoms with Gasteiger partial charge in [-0.15, -0.1) is 0 Å². The predicted molar refractivity (Wildman–Crippen MR) is 130 cm³/mol. The molecule has 1 atom stereocenters. The number of rotatable bonds is 9. The van der Waals surface area contributed by atoms with Crippen LogP contribution < -0.4 is 0 Å². The van der Waals surface area contributed by atoms with Crippen LogP contribution in [0.3, 0.4) is 0 Å². The summed E-state index contributed by atoms with van der Waals surface area (Å²) in [5.41, 5.74) is 1.69. The molecule has 1 aliphatic heterocycles. The van der Waals surface area contributed by atoms with Gasteiger partial charge in [-0.05, 0) is 67.3 Å². The number of carbonyl (C=O) groups is 2. The highest BCUT2D eigenvalue weighted by atomic mass is 19.1. The summed E-state index contributed by atoms with van der Waals surface area (Å²) >= 11 is 0. The van der Waals surface area contributed by atoms with Gasteiger partial charge in [0.1, 0.15) is 17.4 Å². The molecule has 0 aliphatic carbocycles. The lowest BCUT2D eigenvalue weighted by Gasteiger charge is -2.30. The molecule has 2 heterocycles. The summed E-state index contributed by atoms with van der Waals surface area (Å²) in [4.78, 5) is 28.9. The Morgan fingerprint density at radius 3 is 2.53 bits per heavy atom. The number of furan rings is 1. The van der Waals surface area contributed by atoms with E-state index in [0.29, 0.717) is 51.5 Å². The Kier molecular flexibility index (Phi) is 8.48. The summed E-state index contributed by atoms with van der Waals surface area (Å²) in [6.07, 6.45) is 1.42. The minimum Gasteiger partial charge on any atom is -0.466 e. The summed E-state index contributed by atoms with van der Waals surface area (Å²) in [5, 5.41) is 0. The van der Waals surface area contributed by atoms with Crippen molar-refractivity contribution in [1.82, 2.24) is 9.80 Å². The largest absolute Gasteiger partial charge is 0.466 e. The molecule has 4 rings (SSSR count). The first-order valence-electron chi connectivity index (χ1n) is 12.2. The Morgan fingerprint density at radius 2 is 1.78 bits per heavy atom. The number of amides is 1. The number of likely N-dealkylation sites (tertiary alicyclic amines) is 1. The van der Waals surface area contributed by atoms with E-state index in [9.17, 15) is 18.4 Å². The molecule has 6 nitrogen and oxygen atoms in total. The molecule has 36 heavy (non-hydrogen) atoms. The maximum absolute atomic E-state index is 13.8. The molecule has 0 radical (unpaired) electrons. The third-order valence-electron chi connectivity index (χ3n) is 6.20. The highest BCUT2D eigenvalue weighted by Gasteiger charge is 2.31. The molecule has 190 valence electrons. The number of ether oxygens (including phenoxy) is 1. The highest BCUT2D eigenvalue weighted by molar-refractivity contribution is 5.92. The maximum atomic E-state index is 13.8. The summed E-state index contributed by atoms with van der Waals surface area (Å²) in [6, 6.07) is 16.0. The van der Waals surface area contributed by atoms with Crippen LogP contribution in [0, 0.1) is 17.6 Å². The molecule has 1 aliphatic rings. The van der Waals surface area contributed by atoms with Crippen molar-refractivity contribution < 1.29 is 27.5 Å². The van der Waals surface area contributed by atoms with Gasteiger partial charge in [-0.2, -0.15) is 0 Å². The molecular weight excluding hydrogens is 466 g/mol. The third kappa shape index (κ3) is 6.79. The second-order valence-electron chi connectivity index (χ2n) is 9.01. The average Bonchev–Trinajstić information content (AvgIpc) is 3.33. The standard InChI is InChI=1S/C28H30F2N2O4/c1-2-35-28(34)22-6-4-14-32(18-22)27(33)26-13-12-25(36-26)19-31(16-20-8-10-23(29)11-9-20)17-21-5-3-7-24(30)15-21/h3,5,7-13,15,22H,2,4,6,14,16-19H2,1H3. The molecule has 3 aromatic rings. The van der Waals surface area contributed by atoms with Crippen LogP contribution in [-0.4, -0.2) is 41.4 Å². The van der Waals surface area contributed by atoms with Crippen LogP contribution in [0.15, 0.2) is 65.1 Å². The van der Waals surface area contributed by atoms with Crippen LogP contribution in [0.4, 0.5) is 8.78 Å². The number of hydrogen-bond acceptors (Lipinski definition) is 5. The van der Waals surface area contributed by atoms with Crippen molar-refractivity contribution in [3.63, 3.8) is 0 Å². The number of piperidine rings is 1. The molecule has 1 amide bonds. The van der Waals surface area contributed by atoms with Crippen LogP contribution >= 0.6 is 0 Å². The van der Waals surface area contributed by atoms with E-state index in [-0.39, 0.29) is 35.2 Å². The topological polar surface area (TPSA) is 63.0 Å². The lowest BCUT2D eigenvalue weighted by Crippen LogP contribution is -2.42. The van der Waals surface area contributed by atoms with Gasteiger partial charge in [-0.3, -0.25) is 14.5 Å². The molecular formula is C28H30F2N2O4. The normalized spacial score (nSPS) is 15.8. The van der Waals surface area contributed by atoms with Crippen LogP contribution in [0.2, 0.25) is 0 Å². The summed E-state index contributed by atoms with van der Waals surface area (Å²) in [6.45, 7) is 4.23. The number of carbonyl (C=O) groups excluding carboxylic acids is 2. The lowest BCUT2D eigenvalue weighted by molar-refractivity contribution is -0.149. The molecule has 0 bridgehead atoms. The first kappa shape index (κ1) is 25.6. The van der Waals surface area contributed by atoms with Gasteiger partial charge in [0.15, 0.2) is 5.76 Å². The van der Waals surface area contributed by atoms with Crippen molar-refractivity contribution in [3.05, 3.63) is 94.9 Å². The van der Waals surface area contributed by atoms with Crippen LogP contribution in [0.1, 0.15) is 47.2 Å². The van der Waals surface area contributed by atoms with E-state index in [1.807, 2.05) is 11.0 Å². The van der Waals surface area contributed by atoms with Gasteiger partial charge in [0.25, 0.3) is 5.91 Å². The third-order valence-corrected chi connectivity index (χ3v) is 6.20. The molecule has 0 saturated carbocycles. The second-order valence-corrected chi connectivity index (χ2v) is 9.01. The van der Waals surface area contributed by atoms with Crippen LogP contribution in [0.25, 0.3) is 0 Å². The molecule has 2 aromatic carbocycles. The molecule has 1 fully saturated rings. The summed E-state index contributed by atoms with van der Waals surface area (Å²) < 4.78 is 38.2. The zero-order valence-corrected chi connectivity index (χ0v) is 20.3. The van der Waals surface area contributed by atoms with Crippen molar-refractivity contribution in [2.24, 2.45) is 5.92 Å². The van der Waals surface area contributed by atoms with E-state index in [0.717, 1.165) is 17.5 Å². The van der Waals surface area contributed by atoms with Gasteiger partial charge in [0, 0.05) is 26.2 Å². The van der Waals surface area contributed by atoms with Gasteiger partial charge in [-0.25, -0.2) is 8.78 Å². The fourth-order valence-corrected chi connectivity index (χ4v) is 4.48. The van der Waals surface area contributed by atoms with Crippen molar-refractivity contribution >= 4 is 11.9 Å². The van der Waals surface area contributed by atoms with E-state index < -0.39 is 0 Å². The molecule has 1 saturated heterocycles. The fraction of sp³-hybridized carbons (Fsp3) is 0.357. The van der Waals surface area contributed by atoms with E-state index in [2.05, 4.69) is 0 Å². The number of nitrogens with zero attached hydrogens (tertiary/aromatic N) is 2. The predicted octanol–water partition coefficient (Wildman–Crippen LogP) is 5.18. The van der Waals surface area contributed by atoms with E-state index in [1.165, 1.54) is 24.3 Å². The van der Waals surface area contributed by atoms with Gasteiger partial charge >= 0.3 is 5.97 Å². The van der Waals surface area contributed by atoms with E-state index in [1.54, 1.807) is 42.2 Å². The Hall–Kier alpha value is -3.52. The summed E-state index contributed by atoms with van der Waals surface area (Å²) in [7, 11) is 0. The van der Waals surface area contributed by atoms with Crippen molar-refractivity contribution in [1.29, 1.82) is 0 Å².